The Morgan fingerprint density at radius 1 is 1.08 bits per heavy atom. The van der Waals surface area contributed by atoms with Crippen LogP contribution in [-0.4, -0.2) is 33.7 Å². The number of rotatable bonds is 8. The fraction of sp³-hybridized carbons (Fsp3) is 0.278. The highest BCUT2D eigenvalue weighted by Gasteiger charge is 2.17. The predicted molar refractivity (Wildman–Crippen MR) is 98.1 cm³/mol. The van der Waals surface area contributed by atoms with Gasteiger partial charge >= 0.3 is 0 Å². The summed E-state index contributed by atoms with van der Waals surface area (Å²) in [5, 5.41) is 2.64. The molecule has 0 aliphatic carbocycles. The summed E-state index contributed by atoms with van der Waals surface area (Å²) in [5.74, 6) is 0.302. The molecule has 0 heterocycles. The summed E-state index contributed by atoms with van der Waals surface area (Å²) in [6.07, 6.45) is 1.18. The second kappa shape index (κ2) is 8.53. The topological polar surface area (TPSA) is 75.7 Å². The van der Waals surface area contributed by atoms with Crippen LogP contribution in [0.2, 0.25) is 0 Å². The fourth-order valence-electron chi connectivity index (χ4n) is 2.25. The zero-order valence-corrected chi connectivity index (χ0v) is 15.1. The predicted octanol–water partition coefficient (Wildman–Crippen LogP) is 2.17. The van der Waals surface area contributed by atoms with Crippen LogP contribution < -0.4 is 14.4 Å². The molecular weight excluding hydrogens is 340 g/mol. The number of anilines is 1. The highest BCUT2D eigenvalue weighted by Crippen LogP contribution is 2.23. The van der Waals surface area contributed by atoms with Crippen molar-refractivity contribution in [1.29, 1.82) is 0 Å². The largest absolute Gasteiger partial charge is 0.484 e. The van der Waals surface area contributed by atoms with Crippen LogP contribution in [0.5, 0.6) is 5.75 Å². The molecule has 0 radical (unpaired) electrons. The summed E-state index contributed by atoms with van der Waals surface area (Å²) >= 11 is 0. The van der Waals surface area contributed by atoms with Gasteiger partial charge in [-0.15, -0.1) is 0 Å². The van der Waals surface area contributed by atoms with Gasteiger partial charge in [0.15, 0.2) is 6.61 Å². The Morgan fingerprint density at radius 3 is 2.28 bits per heavy atom. The first-order valence-corrected chi connectivity index (χ1v) is 9.76. The van der Waals surface area contributed by atoms with Gasteiger partial charge in [-0.25, -0.2) is 8.42 Å². The maximum atomic E-state index is 12.1. The van der Waals surface area contributed by atoms with Crippen molar-refractivity contribution < 1.29 is 17.9 Å². The Bertz CT molecular complexity index is 790. The quantitative estimate of drug-likeness (QED) is 0.781. The molecule has 0 spiro atoms. The summed E-state index contributed by atoms with van der Waals surface area (Å²) in [5.41, 5.74) is 1.43. The first-order valence-electron chi connectivity index (χ1n) is 7.91. The van der Waals surface area contributed by atoms with Gasteiger partial charge < -0.3 is 10.1 Å². The molecule has 0 saturated heterocycles. The standard InChI is InChI=1S/C18H22N2O4S/c1-3-19-18(21)14-24-17-11-9-16(10-12-17)20(25(2,22)23)13-15-7-5-4-6-8-15/h4-12H,3,13-14H2,1-2H3,(H,19,21). The van der Waals surface area contributed by atoms with Crippen molar-refractivity contribution in [3.05, 3.63) is 60.2 Å². The summed E-state index contributed by atoms with van der Waals surface area (Å²) in [6.45, 7) is 2.55. The van der Waals surface area contributed by atoms with Crippen LogP contribution in [0.25, 0.3) is 0 Å². The van der Waals surface area contributed by atoms with E-state index in [2.05, 4.69) is 5.32 Å². The normalized spacial score (nSPS) is 11.0. The molecule has 2 aromatic carbocycles. The van der Waals surface area contributed by atoms with Crippen LogP contribution >= 0.6 is 0 Å². The summed E-state index contributed by atoms with van der Waals surface area (Å²) in [4.78, 5) is 11.4. The number of hydrogen-bond donors (Lipinski definition) is 1. The second-order valence-corrected chi connectivity index (χ2v) is 7.40. The van der Waals surface area contributed by atoms with Crippen molar-refractivity contribution in [3.63, 3.8) is 0 Å². The maximum Gasteiger partial charge on any atom is 0.257 e. The Labute approximate surface area is 148 Å². The van der Waals surface area contributed by atoms with Gasteiger partial charge in [-0.3, -0.25) is 9.10 Å². The molecule has 0 fully saturated rings. The number of hydrogen-bond acceptors (Lipinski definition) is 4. The van der Waals surface area contributed by atoms with E-state index in [4.69, 9.17) is 4.74 Å². The van der Waals surface area contributed by atoms with Gasteiger partial charge in [-0.2, -0.15) is 0 Å². The number of carbonyl (C=O) groups excluding carboxylic acids is 1. The monoisotopic (exact) mass is 362 g/mol. The molecule has 2 rings (SSSR count). The summed E-state index contributed by atoms with van der Waals surface area (Å²) < 4.78 is 31.0. The molecule has 0 saturated carbocycles. The lowest BCUT2D eigenvalue weighted by atomic mass is 10.2. The van der Waals surface area contributed by atoms with Crippen LogP contribution in [0.15, 0.2) is 54.6 Å². The number of nitrogens with zero attached hydrogens (tertiary/aromatic N) is 1. The van der Waals surface area contributed by atoms with Gasteiger partial charge in [0.05, 0.1) is 18.5 Å². The number of amides is 1. The zero-order chi connectivity index (χ0) is 18.3. The molecule has 1 amide bonds. The summed E-state index contributed by atoms with van der Waals surface area (Å²) in [6, 6.07) is 16.0. The van der Waals surface area contributed by atoms with Crippen molar-refractivity contribution in [1.82, 2.24) is 5.32 Å². The lowest BCUT2D eigenvalue weighted by molar-refractivity contribution is -0.122. The molecule has 0 aliphatic heterocycles. The van der Waals surface area contributed by atoms with Crippen LogP contribution in [0.3, 0.4) is 0 Å². The van der Waals surface area contributed by atoms with Gasteiger partial charge in [-0.1, -0.05) is 30.3 Å². The summed E-state index contributed by atoms with van der Waals surface area (Å²) in [7, 11) is -3.43. The minimum atomic E-state index is -3.43. The van der Waals surface area contributed by atoms with Crippen molar-refractivity contribution in [2.75, 3.05) is 23.7 Å². The molecule has 7 heteroatoms. The highest BCUT2D eigenvalue weighted by atomic mass is 32.2. The Balaban J connectivity index is 2.12. The number of likely N-dealkylation sites (N-methyl/N-ethyl adjacent to an activating group) is 1. The number of sulfonamides is 1. The first-order chi connectivity index (χ1) is 11.9. The van der Waals surface area contributed by atoms with E-state index in [1.54, 1.807) is 24.3 Å². The van der Waals surface area contributed by atoms with E-state index in [9.17, 15) is 13.2 Å². The highest BCUT2D eigenvalue weighted by molar-refractivity contribution is 7.92. The van der Waals surface area contributed by atoms with Crippen molar-refractivity contribution in [3.8, 4) is 5.75 Å². The van der Waals surface area contributed by atoms with Gasteiger partial charge in [-0.05, 0) is 36.8 Å². The molecule has 1 N–H and O–H groups in total. The third-order valence-corrected chi connectivity index (χ3v) is 4.58. The van der Waals surface area contributed by atoms with Gasteiger partial charge in [0.1, 0.15) is 5.75 Å². The van der Waals surface area contributed by atoms with Crippen LogP contribution in [0, 0.1) is 0 Å². The van der Waals surface area contributed by atoms with Crippen LogP contribution in [-0.2, 0) is 21.4 Å². The van der Waals surface area contributed by atoms with E-state index in [1.807, 2.05) is 37.3 Å². The molecule has 0 atom stereocenters. The van der Waals surface area contributed by atoms with Crippen molar-refractivity contribution >= 4 is 21.6 Å². The van der Waals surface area contributed by atoms with Crippen LogP contribution in [0.1, 0.15) is 12.5 Å². The SMILES string of the molecule is CCNC(=O)COc1ccc(N(Cc2ccccc2)S(C)(=O)=O)cc1. The van der Waals surface area contributed by atoms with E-state index in [0.29, 0.717) is 18.0 Å². The molecule has 0 unspecified atom stereocenters. The lowest BCUT2D eigenvalue weighted by Crippen LogP contribution is -2.29. The van der Waals surface area contributed by atoms with E-state index in [0.717, 1.165) is 5.56 Å². The third-order valence-electron chi connectivity index (χ3n) is 3.44. The molecule has 6 nitrogen and oxygen atoms in total. The van der Waals surface area contributed by atoms with Crippen molar-refractivity contribution in [2.45, 2.75) is 13.5 Å². The Kier molecular flexibility index (Phi) is 6.41. The molecule has 0 aliphatic rings. The molecule has 2 aromatic rings. The molecule has 25 heavy (non-hydrogen) atoms. The lowest BCUT2D eigenvalue weighted by Gasteiger charge is -2.22. The first kappa shape index (κ1) is 18.8. The average molecular weight is 362 g/mol. The van der Waals surface area contributed by atoms with Gasteiger partial charge in [0, 0.05) is 6.54 Å². The minimum absolute atomic E-state index is 0.0764. The second-order valence-electron chi connectivity index (χ2n) is 5.49. The number of benzene rings is 2. The van der Waals surface area contributed by atoms with Gasteiger partial charge in [0.25, 0.3) is 5.91 Å². The van der Waals surface area contributed by atoms with E-state index in [1.165, 1.54) is 10.6 Å². The third kappa shape index (κ3) is 5.79. The minimum Gasteiger partial charge on any atom is -0.484 e. The van der Waals surface area contributed by atoms with E-state index < -0.39 is 10.0 Å². The molecule has 0 bridgehead atoms. The molecule has 0 aromatic heterocycles. The van der Waals surface area contributed by atoms with E-state index in [-0.39, 0.29) is 19.1 Å². The average Bonchev–Trinajstić information content (AvgIpc) is 2.59. The molecule has 134 valence electrons. The number of carbonyl (C=O) groups is 1. The van der Waals surface area contributed by atoms with Gasteiger partial charge in [0.2, 0.25) is 10.0 Å². The zero-order valence-electron chi connectivity index (χ0n) is 14.3. The Hall–Kier alpha value is -2.54. The van der Waals surface area contributed by atoms with Crippen LogP contribution in [0.4, 0.5) is 5.69 Å². The fourth-order valence-corrected chi connectivity index (χ4v) is 3.14. The molecular formula is C18H22N2O4S. The smallest absolute Gasteiger partial charge is 0.257 e. The van der Waals surface area contributed by atoms with Crippen molar-refractivity contribution in [2.24, 2.45) is 0 Å². The Morgan fingerprint density at radius 2 is 1.72 bits per heavy atom. The van der Waals surface area contributed by atoms with E-state index >= 15 is 0 Å². The number of ether oxygens (including phenoxy) is 1. The number of nitrogens with one attached hydrogen (secondary N) is 1. The maximum absolute atomic E-state index is 12.1.